The Hall–Kier alpha value is -2.18. The Kier molecular flexibility index (Phi) is 4.73. The molecule has 6 heteroatoms. The van der Waals surface area contributed by atoms with E-state index in [1.54, 1.807) is 12.1 Å². The van der Waals surface area contributed by atoms with Gasteiger partial charge in [-0.05, 0) is 39.5 Å². The molecule has 1 N–H and O–H groups in total. The van der Waals surface area contributed by atoms with Crippen molar-refractivity contribution in [1.29, 1.82) is 0 Å². The summed E-state index contributed by atoms with van der Waals surface area (Å²) in [6.07, 6.45) is 0. The van der Waals surface area contributed by atoms with Gasteiger partial charge in [-0.15, -0.1) is 11.3 Å². The molecule has 4 nitrogen and oxygen atoms in total. The van der Waals surface area contributed by atoms with Crippen LogP contribution < -0.4 is 5.32 Å². The average molecular weight is 390 g/mol. The molecule has 0 atom stereocenters. The number of carbonyl (C=O) groups is 2. The number of benzene rings is 2. The summed E-state index contributed by atoms with van der Waals surface area (Å²) in [7, 11) is 0. The highest BCUT2D eigenvalue weighted by Gasteiger charge is 2.13. The molecule has 0 fully saturated rings. The van der Waals surface area contributed by atoms with Crippen molar-refractivity contribution in [3.63, 3.8) is 0 Å². The van der Waals surface area contributed by atoms with Gasteiger partial charge in [0.2, 0.25) is 0 Å². The monoisotopic (exact) mass is 389 g/mol. The summed E-state index contributed by atoms with van der Waals surface area (Å²) in [6, 6.07) is 16.8. The molecule has 3 rings (SSSR count). The fourth-order valence-electron chi connectivity index (χ4n) is 2.15. The van der Waals surface area contributed by atoms with Crippen LogP contribution in [0.3, 0.4) is 0 Å². The van der Waals surface area contributed by atoms with E-state index in [1.807, 2.05) is 42.5 Å². The molecule has 1 aromatic heterocycles. The summed E-state index contributed by atoms with van der Waals surface area (Å²) in [5.41, 5.74) is 0.697. The summed E-state index contributed by atoms with van der Waals surface area (Å²) < 4.78 is 5.86. The molecule has 0 unspecified atom stereocenters. The van der Waals surface area contributed by atoms with E-state index in [0.717, 1.165) is 14.6 Å². The number of amides is 1. The molecule has 0 radical (unpaired) electrons. The molecule has 0 aliphatic heterocycles. The highest BCUT2D eigenvalue weighted by Crippen LogP contribution is 2.24. The molecule has 0 aliphatic rings. The van der Waals surface area contributed by atoms with Crippen LogP contribution in [-0.2, 0) is 9.53 Å². The zero-order chi connectivity index (χ0) is 16.2. The number of thiophene rings is 1. The zero-order valence-corrected chi connectivity index (χ0v) is 14.3. The second kappa shape index (κ2) is 6.93. The second-order valence-corrected chi connectivity index (χ2v) is 7.22. The Morgan fingerprint density at radius 3 is 2.61 bits per heavy atom. The number of halogens is 1. The first-order chi connectivity index (χ1) is 11.1. The summed E-state index contributed by atoms with van der Waals surface area (Å²) in [5, 5.41) is 4.75. The van der Waals surface area contributed by atoms with Crippen LogP contribution in [0.15, 0.2) is 58.4 Å². The van der Waals surface area contributed by atoms with Crippen LogP contribution in [0.1, 0.15) is 9.67 Å². The number of carbonyl (C=O) groups excluding carboxylic acids is 2. The van der Waals surface area contributed by atoms with Gasteiger partial charge in [-0.25, -0.2) is 4.79 Å². The number of fused-ring (bicyclic) bond motifs is 1. The van der Waals surface area contributed by atoms with Crippen molar-refractivity contribution in [2.75, 3.05) is 11.9 Å². The van der Waals surface area contributed by atoms with Gasteiger partial charge in [-0.2, -0.15) is 0 Å². The van der Waals surface area contributed by atoms with Crippen molar-refractivity contribution in [1.82, 2.24) is 0 Å². The summed E-state index contributed by atoms with van der Waals surface area (Å²) in [5.74, 6) is -0.876. The van der Waals surface area contributed by atoms with Gasteiger partial charge in [0.05, 0.1) is 3.79 Å². The van der Waals surface area contributed by atoms with Gasteiger partial charge in [-0.3, -0.25) is 4.79 Å². The van der Waals surface area contributed by atoms with Crippen LogP contribution in [0.5, 0.6) is 0 Å². The van der Waals surface area contributed by atoms with Gasteiger partial charge < -0.3 is 10.1 Å². The Labute approximate surface area is 145 Å². The van der Waals surface area contributed by atoms with Crippen molar-refractivity contribution >= 4 is 55.6 Å². The van der Waals surface area contributed by atoms with Gasteiger partial charge in [0.15, 0.2) is 6.61 Å². The van der Waals surface area contributed by atoms with Crippen molar-refractivity contribution in [3.05, 3.63) is 63.3 Å². The highest BCUT2D eigenvalue weighted by atomic mass is 79.9. The fourth-order valence-corrected chi connectivity index (χ4v) is 3.43. The zero-order valence-electron chi connectivity index (χ0n) is 11.9. The van der Waals surface area contributed by atoms with Gasteiger partial charge in [0, 0.05) is 11.1 Å². The SMILES string of the molecule is O=C(COC(=O)c1ccc(Br)s1)Nc1cccc2ccccc12. The molecule has 3 aromatic rings. The van der Waals surface area contributed by atoms with Gasteiger partial charge >= 0.3 is 5.97 Å². The lowest BCUT2D eigenvalue weighted by Crippen LogP contribution is -2.20. The Balaban J connectivity index is 1.64. The summed E-state index contributed by atoms with van der Waals surface area (Å²) in [6.45, 7) is -0.322. The van der Waals surface area contributed by atoms with Crippen LogP contribution in [0.4, 0.5) is 5.69 Å². The molecule has 0 saturated carbocycles. The summed E-state index contributed by atoms with van der Waals surface area (Å²) in [4.78, 5) is 24.3. The number of nitrogens with one attached hydrogen (secondary N) is 1. The van der Waals surface area contributed by atoms with Crippen molar-refractivity contribution < 1.29 is 14.3 Å². The van der Waals surface area contributed by atoms with Crippen LogP contribution in [0.25, 0.3) is 10.8 Å². The molecule has 23 heavy (non-hydrogen) atoms. The lowest BCUT2D eigenvalue weighted by molar-refractivity contribution is -0.119. The minimum atomic E-state index is -0.506. The molecule has 0 aliphatic carbocycles. The average Bonchev–Trinajstić information content (AvgIpc) is 2.99. The Morgan fingerprint density at radius 1 is 1.04 bits per heavy atom. The molecule has 0 spiro atoms. The maximum atomic E-state index is 12.0. The molecular weight excluding hydrogens is 378 g/mol. The van der Waals surface area contributed by atoms with E-state index in [2.05, 4.69) is 21.2 Å². The van der Waals surface area contributed by atoms with E-state index in [4.69, 9.17) is 4.74 Å². The molecule has 1 heterocycles. The predicted octanol–water partition coefficient (Wildman–Crippen LogP) is 4.46. The van der Waals surface area contributed by atoms with E-state index in [1.165, 1.54) is 11.3 Å². The van der Waals surface area contributed by atoms with Crippen LogP contribution in [-0.4, -0.2) is 18.5 Å². The van der Waals surface area contributed by atoms with Crippen LogP contribution in [0.2, 0.25) is 0 Å². The number of rotatable bonds is 4. The van der Waals surface area contributed by atoms with Gasteiger partial charge in [0.1, 0.15) is 4.88 Å². The highest BCUT2D eigenvalue weighted by molar-refractivity contribution is 9.11. The van der Waals surface area contributed by atoms with Crippen LogP contribution in [0, 0.1) is 0 Å². The Morgan fingerprint density at radius 2 is 1.83 bits per heavy atom. The van der Waals surface area contributed by atoms with E-state index in [0.29, 0.717) is 10.6 Å². The number of ether oxygens (including phenoxy) is 1. The predicted molar refractivity (Wildman–Crippen MR) is 94.9 cm³/mol. The minimum Gasteiger partial charge on any atom is -0.451 e. The van der Waals surface area contributed by atoms with Crippen molar-refractivity contribution in [2.45, 2.75) is 0 Å². The second-order valence-electron chi connectivity index (χ2n) is 4.75. The largest absolute Gasteiger partial charge is 0.451 e. The van der Waals surface area contributed by atoms with E-state index < -0.39 is 5.97 Å². The normalized spacial score (nSPS) is 10.5. The standard InChI is InChI=1S/C17H12BrNO3S/c18-15-9-8-14(23-15)17(21)22-10-16(20)19-13-7-3-5-11-4-1-2-6-12(11)13/h1-9H,10H2,(H,19,20). The van der Waals surface area contributed by atoms with Gasteiger partial charge in [-0.1, -0.05) is 36.4 Å². The van der Waals surface area contributed by atoms with E-state index in [9.17, 15) is 9.59 Å². The topological polar surface area (TPSA) is 55.4 Å². The summed E-state index contributed by atoms with van der Waals surface area (Å²) >= 11 is 4.54. The first kappa shape index (κ1) is 15.7. The smallest absolute Gasteiger partial charge is 0.348 e. The van der Waals surface area contributed by atoms with Crippen molar-refractivity contribution in [3.8, 4) is 0 Å². The van der Waals surface area contributed by atoms with Crippen molar-refractivity contribution in [2.24, 2.45) is 0 Å². The lowest BCUT2D eigenvalue weighted by atomic mass is 10.1. The third-order valence-corrected chi connectivity index (χ3v) is 4.78. The number of hydrogen-bond acceptors (Lipinski definition) is 4. The number of hydrogen-bond donors (Lipinski definition) is 1. The minimum absolute atomic E-state index is 0.322. The molecule has 116 valence electrons. The molecule has 0 saturated heterocycles. The molecule has 0 bridgehead atoms. The quantitative estimate of drug-likeness (QED) is 0.670. The number of esters is 1. The maximum absolute atomic E-state index is 12.0. The first-order valence-corrected chi connectivity index (χ1v) is 8.44. The maximum Gasteiger partial charge on any atom is 0.348 e. The Bertz CT molecular complexity index is 870. The van der Waals surface area contributed by atoms with E-state index in [-0.39, 0.29) is 12.5 Å². The lowest BCUT2D eigenvalue weighted by Gasteiger charge is -2.09. The fraction of sp³-hybridized carbons (Fsp3) is 0.0588. The molecule has 1 amide bonds. The third kappa shape index (κ3) is 3.78. The molecule has 2 aromatic carbocycles. The number of anilines is 1. The third-order valence-electron chi connectivity index (χ3n) is 3.17. The van der Waals surface area contributed by atoms with E-state index >= 15 is 0 Å². The van der Waals surface area contributed by atoms with Gasteiger partial charge in [0.25, 0.3) is 5.91 Å². The molecular formula is C17H12BrNO3S. The van der Waals surface area contributed by atoms with Crippen LogP contribution >= 0.6 is 27.3 Å². The first-order valence-electron chi connectivity index (χ1n) is 6.83.